The van der Waals surface area contributed by atoms with Crippen molar-refractivity contribution in [2.24, 2.45) is 0 Å². The van der Waals surface area contributed by atoms with Gasteiger partial charge in [0.25, 0.3) is 0 Å². The molecule has 0 saturated carbocycles. The van der Waals surface area contributed by atoms with Crippen molar-refractivity contribution in [2.75, 3.05) is 33.0 Å². The van der Waals surface area contributed by atoms with E-state index in [1.54, 1.807) is 6.92 Å². The van der Waals surface area contributed by atoms with Gasteiger partial charge in [-0.1, -0.05) is 6.58 Å². The van der Waals surface area contributed by atoms with Gasteiger partial charge in [0.05, 0.1) is 32.0 Å². The Morgan fingerprint density at radius 3 is 2.36 bits per heavy atom. The first-order valence-electron chi connectivity index (χ1n) is 4.72. The molecule has 0 fully saturated rings. The second-order valence-corrected chi connectivity index (χ2v) is 2.57. The molecular weight excluding hydrogens is 184 g/mol. The Labute approximate surface area is 84.8 Å². The molecule has 0 spiro atoms. The first-order valence-corrected chi connectivity index (χ1v) is 4.72. The van der Waals surface area contributed by atoms with Crippen LogP contribution in [0.3, 0.4) is 0 Å². The van der Waals surface area contributed by atoms with Crippen molar-refractivity contribution < 1.29 is 19.0 Å². The molecule has 0 amide bonds. The van der Waals surface area contributed by atoms with E-state index in [0.29, 0.717) is 32.0 Å². The molecule has 0 N–H and O–H groups in total. The summed E-state index contributed by atoms with van der Waals surface area (Å²) in [6.45, 7) is 9.44. The van der Waals surface area contributed by atoms with Crippen LogP contribution in [0.5, 0.6) is 0 Å². The lowest BCUT2D eigenvalue weighted by Crippen LogP contribution is -2.13. The zero-order valence-corrected chi connectivity index (χ0v) is 8.88. The summed E-state index contributed by atoms with van der Waals surface area (Å²) < 4.78 is 14.9. The molecule has 0 atom stereocenters. The summed E-state index contributed by atoms with van der Waals surface area (Å²) in [6.07, 6.45) is 0. The van der Waals surface area contributed by atoms with Crippen LogP contribution >= 0.6 is 0 Å². The normalized spacial score (nSPS) is 9.86. The fourth-order valence-electron chi connectivity index (χ4n) is 0.750. The van der Waals surface area contributed by atoms with E-state index in [1.165, 1.54) is 0 Å². The van der Waals surface area contributed by atoms with E-state index in [0.717, 1.165) is 0 Å². The SMILES string of the molecule is C=C(COCCOCC)C(=O)OCC. The highest BCUT2D eigenvalue weighted by Gasteiger charge is 2.06. The van der Waals surface area contributed by atoms with Crippen LogP contribution in [0.4, 0.5) is 0 Å². The smallest absolute Gasteiger partial charge is 0.335 e. The zero-order chi connectivity index (χ0) is 10.8. The van der Waals surface area contributed by atoms with Gasteiger partial charge in [0.1, 0.15) is 0 Å². The largest absolute Gasteiger partial charge is 0.463 e. The van der Waals surface area contributed by atoms with Crippen LogP contribution in [0.25, 0.3) is 0 Å². The molecule has 0 aromatic rings. The summed E-state index contributed by atoms with van der Waals surface area (Å²) in [5, 5.41) is 0. The van der Waals surface area contributed by atoms with Crippen molar-refractivity contribution in [3.63, 3.8) is 0 Å². The maximum Gasteiger partial charge on any atom is 0.335 e. The summed E-state index contributed by atoms with van der Waals surface area (Å²) in [5.41, 5.74) is 0.336. The van der Waals surface area contributed by atoms with Crippen LogP contribution < -0.4 is 0 Å². The molecule has 4 nitrogen and oxygen atoms in total. The summed E-state index contributed by atoms with van der Waals surface area (Å²) in [6, 6.07) is 0. The summed E-state index contributed by atoms with van der Waals surface area (Å²) in [7, 11) is 0. The lowest BCUT2D eigenvalue weighted by Gasteiger charge is -2.06. The highest BCUT2D eigenvalue weighted by Crippen LogP contribution is 1.95. The van der Waals surface area contributed by atoms with E-state index in [1.807, 2.05) is 6.92 Å². The lowest BCUT2D eigenvalue weighted by molar-refractivity contribution is -0.139. The van der Waals surface area contributed by atoms with Crippen LogP contribution in [0.2, 0.25) is 0 Å². The van der Waals surface area contributed by atoms with E-state index in [4.69, 9.17) is 14.2 Å². The van der Waals surface area contributed by atoms with Gasteiger partial charge in [-0.05, 0) is 13.8 Å². The van der Waals surface area contributed by atoms with Gasteiger partial charge in [-0.2, -0.15) is 0 Å². The molecule has 0 aliphatic heterocycles. The molecule has 0 aromatic carbocycles. The number of hydrogen-bond donors (Lipinski definition) is 0. The number of carbonyl (C=O) groups is 1. The molecule has 0 unspecified atom stereocenters. The predicted molar refractivity (Wildman–Crippen MR) is 53.1 cm³/mol. The third-order valence-electron chi connectivity index (χ3n) is 1.42. The lowest BCUT2D eigenvalue weighted by atomic mass is 10.3. The van der Waals surface area contributed by atoms with Crippen molar-refractivity contribution in [2.45, 2.75) is 13.8 Å². The summed E-state index contributed by atoms with van der Waals surface area (Å²) in [5.74, 6) is -0.399. The molecule has 0 bridgehead atoms. The average Bonchev–Trinajstić information content (AvgIpc) is 2.17. The number of hydrogen-bond acceptors (Lipinski definition) is 4. The van der Waals surface area contributed by atoms with Crippen LogP contribution in [0, 0.1) is 0 Å². The monoisotopic (exact) mass is 202 g/mol. The van der Waals surface area contributed by atoms with E-state index in [-0.39, 0.29) is 6.61 Å². The predicted octanol–water partition coefficient (Wildman–Crippen LogP) is 1.16. The first-order chi connectivity index (χ1) is 6.72. The summed E-state index contributed by atoms with van der Waals surface area (Å²) >= 11 is 0. The fraction of sp³-hybridized carbons (Fsp3) is 0.700. The van der Waals surface area contributed by atoms with Crippen LogP contribution in [-0.4, -0.2) is 39.0 Å². The van der Waals surface area contributed by atoms with Crippen LogP contribution in [-0.2, 0) is 19.0 Å². The minimum absolute atomic E-state index is 0.200. The summed E-state index contributed by atoms with van der Waals surface area (Å²) in [4.78, 5) is 11.0. The third kappa shape index (κ3) is 6.62. The third-order valence-corrected chi connectivity index (χ3v) is 1.42. The molecule has 14 heavy (non-hydrogen) atoms. The zero-order valence-electron chi connectivity index (χ0n) is 8.88. The topological polar surface area (TPSA) is 44.8 Å². The van der Waals surface area contributed by atoms with E-state index in [9.17, 15) is 4.79 Å². The van der Waals surface area contributed by atoms with Crippen molar-refractivity contribution in [1.82, 2.24) is 0 Å². The van der Waals surface area contributed by atoms with Crippen molar-refractivity contribution in [3.05, 3.63) is 12.2 Å². The van der Waals surface area contributed by atoms with Gasteiger partial charge in [-0.3, -0.25) is 0 Å². The van der Waals surface area contributed by atoms with Gasteiger partial charge in [0.2, 0.25) is 0 Å². The van der Waals surface area contributed by atoms with Gasteiger partial charge in [-0.15, -0.1) is 0 Å². The standard InChI is InChI=1S/C10H18O4/c1-4-12-6-7-13-8-9(3)10(11)14-5-2/h3-8H2,1-2H3. The molecule has 0 heterocycles. The molecule has 0 radical (unpaired) electrons. The van der Waals surface area contributed by atoms with E-state index in [2.05, 4.69) is 6.58 Å². The molecule has 0 rings (SSSR count). The molecule has 0 aliphatic rings. The van der Waals surface area contributed by atoms with Gasteiger partial charge in [-0.25, -0.2) is 4.79 Å². The molecule has 0 saturated heterocycles. The average molecular weight is 202 g/mol. The highest BCUT2D eigenvalue weighted by atomic mass is 16.5. The Morgan fingerprint density at radius 2 is 1.79 bits per heavy atom. The molecular formula is C10H18O4. The van der Waals surface area contributed by atoms with Gasteiger partial charge in [0.15, 0.2) is 0 Å². The highest BCUT2D eigenvalue weighted by molar-refractivity contribution is 5.87. The van der Waals surface area contributed by atoms with Crippen LogP contribution in [0.1, 0.15) is 13.8 Å². The molecule has 0 aromatic heterocycles. The van der Waals surface area contributed by atoms with E-state index >= 15 is 0 Å². The Bertz CT molecular complexity index is 177. The first kappa shape index (κ1) is 13.1. The van der Waals surface area contributed by atoms with Crippen molar-refractivity contribution >= 4 is 5.97 Å². The second kappa shape index (κ2) is 8.72. The number of rotatable bonds is 8. The second-order valence-electron chi connectivity index (χ2n) is 2.57. The number of carbonyl (C=O) groups excluding carboxylic acids is 1. The Balaban J connectivity index is 3.39. The maximum absolute atomic E-state index is 11.0. The Hall–Kier alpha value is -0.870. The number of ether oxygens (including phenoxy) is 3. The molecule has 82 valence electrons. The van der Waals surface area contributed by atoms with Crippen molar-refractivity contribution in [3.8, 4) is 0 Å². The fourth-order valence-corrected chi connectivity index (χ4v) is 0.750. The molecule has 4 heteroatoms. The molecule has 0 aliphatic carbocycles. The number of esters is 1. The minimum atomic E-state index is -0.399. The Kier molecular flexibility index (Phi) is 8.17. The minimum Gasteiger partial charge on any atom is -0.463 e. The maximum atomic E-state index is 11.0. The van der Waals surface area contributed by atoms with Gasteiger partial charge < -0.3 is 14.2 Å². The van der Waals surface area contributed by atoms with Crippen molar-refractivity contribution in [1.29, 1.82) is 0 Å². The Morgan fingerprint density at radius 1 is 1.14 bits per heavy atom. The van der Waals surface area contributed by atoms with Gasteiger partial charge >= 0.3 is 5.97 Å². The van der Waals surface area contributed by atoms with Crippen LogP contribution in [0.15, 0.2) is 12.2 Å². The van der Waals surface area contributed by atoms with Gasteiger partial charge in [0, 0.05) is 6.61 Å². The quantitative estimate of drug-likeness (QED) is 0.336. The van der Waals surface area contributed by atoms with E-state index < -0.39 is 5.97 Å².